The van der Waals surface area contributed by atoms with E-state index >= 15 is 0 Å². The molecule has 0 bridgehead atoms. The summed E-state index contributed by atoms with van der Waals surface area (Å²) in [5, 5.41) is 10.9. The molecule has 0 rings (SSSR count). The van der Waals surface area contributed by atoms with Gasteiger partial charge in [0, 0.05) is 6.92 Å². The highest BCUT2D eigenvalue weighted by Gasteiger charge is 1.98. The van der Waals surface area contributed by atoms with Gasteiger partial charge < -0.3 is 10.4 Å². The van der Waals surface area contributed by atoms with Gasteiger partial charge in [0.05, 0.1) is 0 Å². The minimum Gasteiger partial charge on any atom is -0.365 e. The average molecular weight is 135 g/mol. The summed E-state index contributed by atoms with van der Waals surface area (Å²) in [5.74, 6) is -0.216. The molecule has 4 heteroatoms. The number of carbonyl (C=O) groups excluding carboxylic acids is 1. The summed E-state index contributed by atoms with van der Waals surface area (Å²) < 4.78 is 0. The number of aliphatic hydroxyl groups is 1. The molecule has 1 amide bonds. The normalized spacial score (nSPS) is 12.9. The first kappa shape index (κ1) is 7.78. The zero-order valence-electron chi connectivity index (χ0n) is 4.84. The second-order valence-corrected chi connectivity index (χ2v) is 2.21. The Hall–Kier alpha value is -0.220. The first-order valence-corrected chi connectivity index (χ1v) is 3.43. The standard InChI is InChI=1S/C4H9NO2S/c1-3(6)5-4(7)8-2/h4,7H,1-2H3,(H,5,6). The Bertz CT molecular complexity index is 86.1. The van der Waals surface area contributed by atoms with E-state index in [9.17, 15) is 4.79 Å². The van der Waals surface area contributed by atoms with Crippen molar-refractivity contribution < 1.29 is 9.90 Å². The van der Waals surface area contributed by atoms with E-state index in [2.05, 4.69) is 5.32 Å². The highest BCUT2D eigenvalue weighted by molar-refractivity contribution is 7.99. The van der Waals surface area contributed by atoms with Crippen molar-refractivity contribution in [2.75, 3.05) is 6.26 Å². The van der Waals surface area contributed by atoms with Gasteiger partial charge in [-0.15, -0.1) is 11.8 Å². The fourth-order valence-electron chi connectivity index (χ4n) is 0.233. The molecule has 1 atom stereocenters. The van der Waals surface area contributed by atoms with Crippen LogP contribution in [0.1, 0.15) is 6.92 Å². The lowest BCUT2D eigenvalue weighted by molar-refractivity contribution is -0.120. The molecule has 48 valence electrons. The first-order valence-electron chi connectivity index (χ1n) is 2.14. The van der Waals surface area contributed by atoms with Crippen molar-refractivity contribution in [3.8, 4) is 0 Å². The molecule has 8 heavy (non-hydrogen) atoms. The Balaban J connectivity index is 3.24. The summed E-state index contributed by atoms with van der Waals surface area (Å²) in [6.07, 6.45) is 1.71. The average Bonchev–Trinajstić information content (AvgIpc) is 1.65. The van der Waals surface area contributed by atoms with Crippen LogP contribution in [-0.4, -0.2) is 22.8 Å². The van der Waals surface area contributed by atoms with Gasteiger partial charge in [0.1, 0.15) is 0 Å². The fourth-order valence-corrected chi connectivity index (χ4v) is 0.517. The number of carbonyl (C=O) groups is 1. The third-order valence-electron chi connectivity index (χ3n) is 0.550. The molecule has 3 nitrogen and oxygen atoms in total. The van der Waals surface area contributed by atoms with Crippen molar-refractivity contribution in [3.05, 3.63) is 0 Å². The predicted octanol–water partition coefficient (Wildman–Crippen LogP) is -0.239. The van der Waals surface area contributed by atoms with Crippen LogP contribution < -0.4 is 5.32 Å². The predicted molar refractivity (Wildman–Crippen MR) is 33.3 cm³/mol. The smallest absolute Gasteiger partial charge is 0.219 e. The van der Waals surface area contributed by atoms with Gasteiger partial charge >= 0.3 is 0 Å². The van der Waals surface area contributed by atoms with Gasteiger partial charge in [-0.05, 0) is 6.26 Å². The van der Waals surface area contributed by atoms with E-state index in [1.807, 2.05) is 0 Å². The summed E-state index contributed by atoms with van der Waals surface area (Å²) in [5.41, 5.74) is -0.757. The van der Waals surface area contributed by atoms with Gasteiger partial charge in [0.15, 0.2) is 5.56 Å². The monoisotopic (exact) mass is 135 g/mol. The van der Waals surface area contributed by atoms with Crippen LogP contribution in [0.2, 0.25) is 0 Å². The Morgan fingerprint density at radius 3 is 2.50 bits per heavy atom. The van der Waals surface area contributed by atoms with E-state index in [1.54, 1.807) is 6.26 Å². The molecule has 0 aliphatic carbocycles. The SMILES string of the molecule is CSC(O)NC(C)=O. The first-order chi connectivity index (χ1) is 3.66. The lowest BCUT2D eigenvalue weighted by Gasteiger charge is -2.05. The maximum absolute atomic E-state index is 10.1. The Morgan fingerprint density at radius 2 is 2.38 bits per heavy atom. The highest BCUT2D eigenvalue weighted by Crippen LogP contribution is 1.95. The quantitative estimate of drug-likeness (QED) is 0.514. The largest absolute Gasteiger partial charge is 0.365 e. The molecule has 0 aromatic carbocycles. The molecule has 0 saturated heterocycles. The summed E-state index contributed by atoms with van der Waals surface area (Å²) in [6, 6.07) is 0. The minimum atomic E-state index is -0.757. The fraction of sp³-hybridized carbons (Fsp3) is 0.750. The van der Waals surface area contributed by atoms with Crippen LogP contribution in [0.3, 0.4) is 0 Å². The zero-order valence-corrected chi connectivity index (χ0v) is 5.66. The van der Waals surface area contributed by atoms with Crippen molar-refractivity contribution in [1.29, 1.82) is 0 Å². The number of amides is 1. The van der Waals surface area contributed by atoms with Gasteiger partial charge in [-0.25, -0.2) is 0 Å². The number of hydrogen-bond donors (Lipinski definition) is 2. The highest BCUT2D eigenvalue weighted by atomic mass is 32.2. The van der Waals surface area contributed by atoms with Crippen LogP contribution in [0.5, 0.6) is 0 Å². The summed E-state index contributed by atoms with van der Waals surface area (Å²) in [7, 11) is 0. The summed E-state index contributed by atoms with van der Waals surface area (Å²) in [6.45, 7) is 1.36. The number of hydrogen-bond acceptors (Lipinski definition) is 3. The molecule has 0 spiro atoms. The van der Waals surface area contributed by atoms with E-state index in [0.29, 0.717) is 0 Å². The van der Waals surface area contributed by atoms with Crippen molar-refractivity contribution >= 4 is 17.7 Å². The molecule has 0 aliphatic heterocycles. The molecule has 1 unspecified atom stereocenters. The number of thioether (sulfide) groups is 1. The van der Waals surface area contributed by atoms with Crippen LogP contribution in [-0.2, 0) is 4.79 Å². The van der Waals surface area contributed by atoms with Gasteiger partial charge in [-0.2, -0.15) is 0 Å². The minimum absolute atomic E-state index is 0.216. The molecule has 0 saturated carbocycles. The molecule has 0 heterocycles. The van der Waals surface area contributed by atoms with Crippen molar-refractivity contribution in [3.63, 3.8) is 0 Å². The lowest BCUT2D eigenvalue weighted by Crippen LogP contribution is -2.29. The van der Waals surface area contributed by atoms with Crippen LogP contribution in [0.4, 0.5) is 0 Å². The number of nitrogens with one attached hydrogen (secondary N) is 1. The maximum atomic E-state index is 10.1. The number of rotatable bonds is 2. The Labute approximate surface area is 52.5 Å². The molecule has 0 radical (unpaired) electrons. The summed E-state index contributed by atoms with van der Waals surface area (Å²) in [4.78, 5) is 10.1. The van der Waals surface area contributed by atoms with Crippen LogP contribution in [0, 0.1) is 0 Å². The third-order valence-corrected chi connectivity index (χ3v) is 1.11. The van der Waals surface area contributed by atoms with Crippen LogP contribution in [0.15, 0.2) is 0 Å². The van der Waals surface area contributed by atoms with E-state index in [4.69, 9.17) is 5.11 Å². The second kappa shape index (κ2) is 3.74. The molecule has 0 aromatic rings. The zero-order chi connectivity index (χ0) is 6.57. The summed E-state index contributed by atoms with van der Waals surface area (Å²) >= 11 is 1.18. The second-order valence-electron chi connectivity index (χ2n) is 1.29. The van der Waals surface area contributed by atoms with Crippen molar-refractivity contribution in [2.45, 2.75) is 12.5 Å². The van der Waals surface area contributed by atoms with Gasteiger partial charge in [0.2, 0.25) is 5.91 Å². The third kappa shape index (κ3) is 3.95. The van der Waals surface area contributed by atoms with Gasteiger partial charge in [-0.1, -0.05) is 0 Å². The molecular weight excluding hydrogens is 126 g/mol. The van der Waals surface area contributed by atoms with Gasteiger partial charge in [-0.3, -0.25) is 4.79 Å². The topological polar surface area (TPSA) is 49.3 Å². The molecule has 0 fully saturated rings. The Morgan fingerprint density at radius 1 is 1.88 bits per heavy atom. The van der Waals surface area contributed by atoms with Crippen LogP contribution in [0.25, 0.3) is 0 Å². The van der Waals surface area contributed by atoms with Crippen molar-refractivity contribution in [1.82, 2.24) is 5.32 Å². The maximum Gasteiger partial charge on any atom is 0.219 e. The number of aliphatic hydroxyl groups excluding tert-OH is 1. The molecule has 0 aliphatic rings. The molecular formula is C4H9NO2S. The molecule has 2 N–H and O–H groups in total. The Kier molecular flexibility index (Phi) is 3.64. The van der Waals surface area contributed by atoms with Crippen LogP contribution >= 0.6 is 11.8 Å². The van der Waals surface area contributed by atoms with E-state index < -0.39 is 5.56 Å². The molecule has 0 aromatic heterocycles. The lowest BCUT2D eigenvalue weighted by atomic mass is 10.7. The van der Waals surface area contributed by atoms with E-state index in [0.717, 1.165) is 0 Å². The van der Waals surface area contributed by atoms with Gasteiger partial charge in [0.25, 0.3) is 0 Å². The van der Waals surface area contributed by atoms with E-state index in [-0.39, 0.29) is 5.91 Å². The van der Waals surface area contributed by atoms with E-state index in [1.165, 1.54) is 18.7 Å². The van der Waals surface area contributed by atoms with Crippen molar-refractivity contribution in [2.24, 2.45) is 0 Å².